The zero-order chi connectivity index (χ0) is 23.4. The molecule has 0 bridgehead atoms. The van der Waals surface area contributed by atoms with Gasteiger partial charge in [0.05, 0.1) is 5.56 Å². The van der Waals surface area contributed by atoms with Crippen molar-refractivity contribution >= 4 is 5.97 Å². The van der Waals surface area contributed by atoms with Crippen LogP contribution in [-0.2, 0) is 0 Å². The van der Waals surface area contributed by atoms with E-state index in [4.69, 9.17) is 10.00 Å². The van der Waals surface area contributed by atoms with Gasteiger partial charge in [0.15, 0.2) is 0 Å². The average molecular weight is 452 g/mol. The summed E-state index contributed by atoms with van der Waals surface area (Å²) in [6.45, 7) is 2.27. The van der Waals surface area contributed by atoms with Crippen LogP contribution in [0.25, 0.3) is 0 Å². The molecule has 0 aromatic heterocycles. The van der Waals surface area contributed by atoms with Crippen LogP contribution >= 0.6 is 0 Å². The lowest BCUT2D eigenvalue weighted by atomic mass is 9.63. The molecule has 4 atom stereocenters. The third-order valence-electron chi connectivity index (χ3n) is 7.64. The van der Waals surface area contributed by atoms with Crippen LogP contribution in [0.1, 0.15) is 92.1 Å². The van der Waals surface area contributed by atoms with Crippen molar-refractivity contribution in [3.05, 3.63) is 64.7 Å². The summed E-state index contributed by atoms with van der Waals surface area (Å²) >= 11 is 0. The summed E-state index contributed by atoms with van der Waals surface area (Å²) < 4.78 is 32.7. The molecule has 0 radical (unpaired) electrons. The second-order valence-electron chi connectivity index (χ2n) is 9.74. The molecule has 2 saturated carbocycles. The molecule has 5 heteroatoms. The van der Waals surface area contributed by atoms with Crippen LogP contribution in [0.5, 0.6) is 5.75 Å². The maximum Gasteiger partial charge on any atom is 0.343 e. The topological polar surface area (TPSA) is 50.1 Å². The van der Waals surface area contributed by atoms with Gasteiger partial charge >= 0.3 is 5.97 Å². The monoisotopic (exact) mass is 451 g/mol. The number of fused-ring (bicyclic) bond motifs is 1. The number of halogens is 2. The zero-order valence-corrected chi connectivity index (χ0v) is 19.2. The second kappa shape index (κ2) is 10.5. The Hall–Kier alpha value is -2.74. The highest BCUT2D eigenvalue weighted by molar-refractivity contribution is 5.91. The summed E-state index contributed by atoms with van der Waals surface area (Å²) in [6.07, 6.45) is 11.9. The fourth-order valence-corrected chi connectivity index (χ4v) is 5.82. The van der Waals surface area contributed by atoms with E-state index in [1.54, 1.807) is 12.1 Å². The van der Waals surface area contributed by atoms with Crippen molar-refractivity contribution in [2.75, 3.05) is 0 Å². The summed E-state index contributed by atoms with van der Waals surface area (Å²) in [6, 6.07) is 10.6. The van der Waals surface area contributed by atoms with Crippen molar-refractivity contribution in [1.82, 2.24) is 0 Å². The van der Waals surface area contributed by atoms with Gasteiger partial charge in [-0.25, -0.2) is 13.6 Å². The maximum absolute atomic E-state index is 13.8. The summed E-state index contributed by atoms with van der Waals surface area (Å²) in [5.41, 5.74) is 0.880. The Labute approximate surface area is 194 Å². The SMILES string of the molecule is CCCCC1CCC2CC(c3ccc(C(=O)Oc4cc(F)c(C#N)c(F)c4)cc3)CCC2C1. The molecule has 0 N–H and O–H groups in total. The lowest BCUT2D eigenvalue weighted by molar-refractivity contribution is 0.0734. The number of nitriles is 1. The number of esters is 1. The Morgan fingerprint density at radius 3 is 2.36 bits per heavy atom. The van der Waals surface area contributed by atoms with E-state index < -0.39 is 23.2 Å². The van der Waals surface area contributed by atoms with E-state index in [9.17, 15) is 13.6 Å². The largest absolute Gasteiger partial charge is 0.423 e. The smallest absolute Gasteiger partial charge is 0.343 e. The minimum absolute atomic E-state index is 0.258. The highest BCUT2D eigenvalue weighted by atomic mass is 19.1. The van der Waals surface area contributed by atoms with Crippen molar-refractivity contribution < 1.29 is 18.3 Å². The number of nitrogens with zero attached hydrogens (tertiary/aromatic N) is 1. The van der Waals surface area contributed by atoms with Crippen LogP contribution in [0.3, 0.4) is 0 Å². The van der Waals surface area contributed by atoms with Gasteiger partial charge in [-0.15, -0.1) is 0 Å². The Kier molecular flexibility index (Phi) is 7.42. The molecule has 2 aliphatic rings. The molecule has 0 aliphatic heterocycles. The summed E-state index contributed by atoms with van der Waals surface area (Å²) in [7, 11) is 0. The molecule has 2 aliphatic carbocycles. The summed E-state index contributed by atoms with van der Waals surface area (Å²) in [4.78, 5) is 12.4. The van der Waals surface area contributed by atoms with Crippen LogP contribution in [0.4, 0.5) is 8.78 Å². The average Bonchev–Trinajstić information content (AvgIpc) is 2.82. The molecule has 0 amide bonds. The number of carbonyl (C=O) groups excluding carboxylic acids is 1. The first-order valence-corrected chi connectivity index (χ1v) is 12.2. The molecule has 4 unspecified atom stereocenters. The molecule has 2 fully saturated rings. The molecule has 2 aromatic carbocycles. The quantitative estimate of drug-likeness (QED) is 0.337. The van der Waals surface area contributed by atoms with Gasteiger partial charge in [0.25, 0.3) is 0 Å². The van der Waals surface area contributed by atoms with Crippen molar-refractivity contribution in [3.63, 3.8) is 0 Å². The molecule has 0 saturated heterocycles. The summed E-state index contributed by atoms with van der Waals surface area (Å²) in [5.74, 6) is 0.0875. The summed E-state index contributed by atoms with van der Waals surface area (Å²) in [5, 5.41) is 8.75. The third-order valence-corrected chi connectivity index (χ3v) is 7.64. The van der Waals surface area contributed by atoms with Crippen molar-refractivity contribution in [2.24, 2.45) is 17.8 Å². The van der Waals surface area contributed by atoms with Gasteiger partial charge in [0.2, 0.25) is 0 Å². The first-order chi connectivity index (χ1) is 16.0. The number of benzene rings is 2. The van der Waals surface area contributed by atoms with Crippen LogP contribution in [0.15, 0.2) is 36.4 Å². The maximum atomic E-state index is 13.8. The molecule has 174 valence electrons. The predicted molar refractivity (Wildman–Crippen MR) is 123 cm³/mol. The molecule has 2 aromatic rings. The van der Waals surface area contributed by atoms with Gasteiger partial charge in [0.1, 0.15) is 29.0 Å². The van der Waals surface area contributed by atoms with Crippen LogP contribution in [-0.4, -0.2) is 5.97 Å². The van der Waals surface area contributed by atoms with E-state index in [0.29, 0.717) is 11.5 Å². The third kappa shape index (κ3) is 5.43. The normalized spacial score (nSPS) is 24.5. The van der Waals surface area contributed by atoms with E-state index in [0.717, 1.165) is 29.9 Å². The molecule has 0 spiro atoms. The predicted octanol–water partition coefficient (Wildman–Crippen LogP) is 7.55. The van der Waals surface area contributed by atoms with Gasteiger partial charge in [-0.1, -0.05) is 44.7 Å². The molecular weight excluding hydrogens is 420 g/mol. The number of hydrogen-bond donors (Lipinski definition) is 0. The number of ether oxygens (including phenoxy) is 1. The van der Waals surface area contributed by atoms with E-state index in [2.05, 4.69) is 6.92 Å². The standard InChI is InChI=1S/C28H31F2NO2/c1-2-3-4-18-5-6-23-14-22(12-11-21(23)13-18)19-7-9-20(10-8-19)28(32)33-24-15-26(29)25(17-31)27(30)16-24/h7-10,15-16,18,21-23H,2-6,11-14H2,1H3. The number of rotatable bonds is 6. The highest BCUT2D eigenvalue weighted by Gasteiger charge is 2.35. The Morgan fingerprint density at radius 2 is 1.70 bits per heavy atom. The molecule has 0 heterocycles. The number of carbonyl (C=O) groups is 1. The van der Waals surface area contributed by atoms with Gasteiger partial charge in [-0.05, 0) is 73.5 Å². The molecule has 4 rings (SSSR count). The minimum atomic E-state index is -1.05. The lowest BCUT2D eigenvalue weighted by Crippen LogP contribution is -2.30. The fraction of sp³-hybridized carbons (Fsp3) is 0.500. The van der Waals surface area contributed by atoms with Crippen molar-refractivity contribution in [1.29, 1.82) is 5.26 Å². The van der Waals surface area contributed by atoms with E-state index in [-0.39, 0.29) is 5.75 Å². The molecular formula is C28H31F2NO2. The minimum Gasteiger partial charge on any atom is -0.423 e. The Balaban J connectivity index is 1.35. The molecule has 3 nitrogen and oxygen atoms in total. The van der Waals surface area contributed by atoms with Gasteiger partial charge in [-0.2, -0.15) is 5.26 Å². The van der Waals surface area contributed by atoms with Gasteiger partial charge < -0.3 is 4.74 Å². The van der Waals surface area contributed by atoms with Crippen LogP contribution in [0.2, 0.25) is 0 Å². The van der Waals surface area contributed by atoms with E-state index in [1.807, 2.05) is 12.1 Å². The zero-order valence-electron chi connectivity index (χ0n) is 19.2. The fourth-order valence-electron chi connectivity index (χ4n) is 5.82. The first kappa shape index (κ1) is 23.4. The van der Waals surface area contributed by atoms with Gasteiger partial charge in [-0.3, -0.25) is 0 Å². The highest BCUT2D eigenvalue weighted by Crippen LogP contribution is 2.48. The van der Waals surface area contributed by atoms with Crippen molar-refractivity contribution in [3.8, 4) is 11.8 Å². The Bertz CT molecular complexity index is 1000. The number of hydrogen-bond acceptors (Lipinski definition) is 3. The van der Waals surface area contributed by atoms with E-state index >= 15 is 0 Å². The van der Waals surface area contributed by atoms with Crippen molar-refractivity contribution in [2.45, 2.75) is 70.6 Å². The first-order valence-electron chi connectivity index (χ1n) is 12.2. The Morgan fingerprint density at radius 1 is 1.03 bits per heavy atom. The van der Waals surface area contributed by atoms with Crippen LogP contribution < -0.4 is 4.74 Å². The van der Waals surface area contributed by atoms with Gasteiger partial charge in [0, 0.05) is 12.1 Å². The second-order valence-corrected chi connectivity index (χ2v) is 9.74. The molecule has 33 heavy (non-hydrogen) atoms. The van der Waals surface area contributed by atoms with Crippen LogP contribution in [0, 0.1) is 40.7 Å². The number of unbranched alkanes of at least 4 members (excludes halogenated alkanes) is 1. The van der Waals surface area contributed by atoms with E-state index in [1.165, 1.54) is 69.4 Å². The lowest BCUT2D eigenvalue weighted by Gasteiger charge is -2.42.